The van der Waals surface area contributed by atoms with Crippen LogP contribution in [0.3, 0.4) is 0 Å². The van der Waals surface area contributed by atoms with Crippen molar-refractivity contribution in [3.8, 4) is 11.5 Å². The topological polar surface area (TPSA) is 119 Å². The second-order valence-corrected chi connectivity index (χ2v) is 14.2. The number of fused-ring (bicyclic) bond motifs is 2. The molecule has 11 heteroatoms. The number of carbonyl (C=O) groups excluding carboxylic acids is 4. The Bertz CT molecular complexity index is 2060. The highest BCUT2D eigenvalue weighted by molar-refractivity contribution is 6.23. The van der Waals surface area contributed by atoms with Gasteiger partial charge in [-0.05, 0) is 73.3 Å². The van der Waals surface area contributed by atoms with E-state index in [1.807, 2.05) is 19.2 Å². The second kappa shape index (κ2) is 13.5. The molecular weight excluding hydrogens is 663 g/mol. The molecule has 8 rings (SSSR count). The molecule has 0 saturated carbocycles. The fourth-order valence-electron chi connectivity index (χ4n) is 8.37. The molecule has 0 aromatic heterocycles. The highest BCUT2D eigenvalue weighted by Crippen LogP contribution is 2.47. The lowest BCUT2D eigenvalue weighted by molar-refractivity contribution is -0.136. The Balaban J connectivity index is 0.927. The normalized spacial score (nSPS) is 21.9. The van der Waals surface area contributed by atoms with Crippen LogP contribution >= 0.6 is 0 Å². The summed E-state index contributed by atoms with van der Waals surface area (Å²) in [5, 5.41) is 12.3. The van der Waals surface area contributed by atoms with Crippen LogP contribution in [0.4, 0.5) is 10.1 Å². The number of carbonyl (C=O) groups is 4. The molecule has 2 N–H and O–H groups in total. The van der Waals surface area contributed by atoms with Gasteiger partial charge in [-0.1, -0.05) is 48.5 Å². The zero-order chi connectivity index (χ0) is 36.1. The number of rotatable bonds is 7. The maximum atomic E-state index is 15.4. The van der Waals surface area contributed by atoms with Gasteiger partial charge in [-0.2, -0.15) is 0 Å². The number of halogens is 1. The highest BCUT2D eigenvalue weighted by atomic mass is 19.1. The standard InChI is InChI=1S/C41H39FN4O6/c1-44(22-24-19-31-38(33(42)20-24)41(51)46(40(31)50)34-13-14-36(48)43-39(34)49)27-15-17-45(18-16-27)28-9-7-26(8-10-28)37-30-12-11-29(47)21-35(30)52-23-32(37)25-5-3-2-4-6-25/h2-12,19-21,27,32,34,37,47H,13-18,22-23H2,1H3,(H,43,48,49)/t32-,34?,37-/m1/s1. The molecule has 1 unspecified atom stereocenters. The fourth-order valence-corrected chi connectivity index (χ4v) is 8.37. The first-order valence-electron chi connectivity index (χ1n) is 17.8. The maximum Gasteiger partial charge on any atom is 0.265 e. The number of benzene rings is 4. The lowest BCUT2D eigenvalue weighted by atomic mass is 9.76. The Labute approximate surface area is 300 Å². The van der Waals surface area contributed by atoms with Crippen LogP contribution in [-0.2, 0) is 16.1 Å². The minimum atomic E-state index is -1.14. The van der Waals surface area contributed by atoms with Crippen LogP contribution in [0, 0.1) is 5.82 Å². The van der Waals surface area contributed by atoms with Crippen LogP contribution in [0.25, 0.3) is 0 Å². The number of imide groups is 2. The van der Waals surface area contributed by atoms with E-state index in [0.29, 0.717) is 24.5 Å². The number of hydrogen-bond acceptors (Lipinski definition) is 8. The minimum Gasteiger partial charge on any atom is -0.508 e. The number of nitrogens with zero attached hydrogens (tertiary/aromatic N) is 3. The molecule has 10 nitrogen and oxygen atoms in total. The number of phenolic OH excluding ortho intramolecular Hbond substituents is 1. The average Bonchev–Trinajstić information content (AvgIpc) is 3.40. The van der Waals surface area contributed by atoms with Gasteiger partial charge in [0.05, 0.1) is 17.7 Å². The Morgan fingerprint density at radius 1 is 0.885 bits per heavy atom. The summed E-state index contributed by atoms with van der Waals surface area (Å²) in [5.74, 6) is -2.45. The van der Waals surface area contributed by atoms with Gasteiger partial charge < -0.3 is 14.7 Å². The molecule has 0 bridgehead atoms. The number of amides is 4. The van der Waals surface area contributed by atoms with E-state index in [0.717, 1.165) is 42.1 Å². The summed E-state index contributed by atoms with van der Waals surface area (Å²) in [6.45, 7) is 2.58. The third-order valence-electron chi connectivity index (χ3n) is 11.1. The highest BCUT2D eigenvalue weighted by Gasteiger charge is 2.46. The predicted octanol–water partition coefficient (Wildman–Crippen LogP) is 5.34. The summed E-state index contributed by atoms with van der Waals surface area (Å²) in [6, 6.07) is 26.5. The SMILES string of the molecule is CN(Cc1cc(F)c2c(c1)C(=O)N(C1CCC(=O)NC1=O)C2=O)C1CCN(c2ccc([C@@H]3c4ccc(O)cc4OC[C@@H]3c3ccccc3)cc2)CC1. The van der Waals surface area contributed by atoms with E-state index in [4.69, 9.17) is 4.74 Å². The van der Waals surface area contributed by atoms with Gasteiger partial charge in [0, 0.05) is 61.2 Å². The number of nitrogens with one attached hydrogen (secondary N) is 1. The number of phenols is 1. The van der Waals surface area contributed by atoms with E-state index < -0.39 is 35.5 Å². The molecule has 4 aliphatic heterocycles. The minimum absolute atomic E-state index is 0.000276. The van der Waals surface area contributed by atoms with E-state index in [1.54, 1.807) is 18.2 Å². The molecule has 4 amide bonds. The zero-order valence-corrected chi connectivity index (χ0v) is 28.8. The molecule has 0 aliphatic carbocycles. The molecule has 4 aromatic carbocycles. The van der Waals surface area contributed by atoms with E-state index >= 15 is 4.39 Å². The van der Waals surface area contributed by atoms with Crippen molar-refractivity contribution in [2.75, 3.05) is 31.6 Å². The van der Waals surface area contributed by atoms with Crippen molar-refractivity contribution in [2.24, 2.45) is 0 Å². The summed E-state index contributed by atoms with van der Waals surface area (Å²) < 4.78 is 21.5. The Morgan fingerprint density at radius 3 is 2.37 bits per heavy atom. The number of aromatic hydroxyl groups is 1. The van der Waals surface area contributed by atoms with Crippen molar-refractivity contribution in [1.82, 2.24) is 15.1 Å². The third-order valence-corrected chi connectivity index (χ3v) is 11.1. The first kappa shape index (κ1) is 33.6. The van der Waals surface area contributed by atoms with Crippen LogP contribution in [0.15, 0.2) is 84.9 Å². The van der Waals surface area contributed by atoms with Crippen molar-refractivity contribution in [3.05, 3.63) is 124 Å². The number of ether oxygens (including phenoxy) is 1. The van der Waals surface area contributed by atoms with Crippen LogP contribution in [0.5, 0.6) is 11.5 Å². The summed E-state index contributed by atoms with van der Waals surface area (Å²) in [6.07, 6.45) is 1.79. The lowest BCUT2D eigenvalue weighted by Crippen LogP contribution is -2.54. The first-order chi connectivity index (χ1) is 25.2. The van der Waals surface area contributed by atoms with Crippen molar-refractivity contribution >= 4 is 29.3 Å². The van der Waals surface area contributed by atoms with Gasteiger partial charge in [0.25, 0.3) is 11.8 Å². The Hall–Kier alpha value is -5.55. The summed E-state index contributed by atoms with van der Waals surface area (Å²) >= 11 is 0. The van der Waals surface area contributed by atoms with Crippen molar-refractivity contribution < 1.29 is 33.4 Å². The maximum absolute atomic E-state index is 15.4. The molecule has 4 aliphatic rings. The Morgan fingerprint density at radius 2 is 1.63 bits per heavy atom. The zero-order valence-electron chi connectivity index (χ0n) is 28.8. The van der Waals surface area contributed by atoms with Crippen molar-refractivity contribution in [2.45, 2.75) is 56.1 Å². The quantitative estimate of drug-likeness (QED) is 0.248. The first-order valence-corrected chi connectivity index (χ1v) is 17.8. The molecule has 4 heterocycles. The number of hydrogen-bond donors (Lipinski definition) is 2. The van der Waals surface area contributed by atoms with Gasteiger partial charge in [-0.3, -0.25) is 34.3 Å². The van der Waals surface area contributed by atoms with Gasteiger partial charge in [-0.25, -0.2) is 4.39 Å². The lowest BCUT2D eigenvalue weighted by Gasteiger charge is -2.38. The van der Waals surface area contributed by atoms with Crippen LogP contribution in [0.1, 0.15) is 80.5 Å². The largest absolute Gasteiger partial charge is 0.508 e. The van der Waals surface area contributed by atoms with E-state index in [1.165, 1.54) is 17.2 Å². The average molecular weight is 703 g/mol. The molecule has 2 fully saturated rings. The van der Waals surface area contributed by atoms with Gasteiger partial charge in [0.2, 0.25) is 11.8 Å². The summed E-state index contributed by atoms with van der Waals surface area (Å²) in [5.41, 5.74) is 4.79. The molecule has 0 spiro atoms. The molecule has 0 radical (unpaired) electrons. The van der Waals surface area contributed by atoms with E-state index in [2.05, 4.69) is 63.6 Å². The van der Waals surface area contributed by atoms with Crippen LogP contribution in [0.2, 0.25) is 0 Å². The van der Waals surface area contributed by atoms with Gasteiger partial charge in [0.1, 0.15) is 23.4 Å². The summed E-state index contributed by atoms with van der Waals surface area (Å²) in [7, 11) is 1.98. The molecule has 266 valence electrons. The van der Waals surface area contributed by atoms with Crippen LogP contribution in [-0.4, -0.2) is 77.4 Å². The molecular formula is C41H39FN4O6. The Kier molecular flexibility index (Phi) is 8.74. The van der Waals surface area contributed by atoms with E-state index in [-0.39, 0.29) is 47.6 Å². The molecule has 2 saturated heterocycles. The molecule has 3 atom stereocenters. The smallest absolute Gasteiger partial charge is 0.265 e. The van der Waals surface area contributed by atoms with Crippen molar-refractivity contribution in [1.29, 1.82) is 0 Å². The summed E-state index contributed by atoms with van der Waals surface area (Å²) in [4.78, 5) is 55.7. The third kappa shape index (κ3) is 6.08. The molecule has 4 aromatic rings. The van der Waals surface area contributed by atoms with Gasteiger partial charge >= 0.3 is 0 Å². The predicted molar refractivity (Wildman–Crippen MR) is 191 cm³/mol. The van der Waals surface area contributed by atoms with Crippen molar-refractivity contribution in [3.63, 3.8) is 0 Å². The monoisotopic (exact) mass is 702 g/mol. The second-order valence-electron chi connectivity index (χ2n) is 14.2. The fraction of sp³-hybridized carbons (Fsp3) is 0.317. The number of piperidine rings is 2. The van der Waals surface area contributed by atoms with Crippen LogP contribution < -0.4 is 15.0 Å². The van der Waals surface area contributed by atoms with Gasteiger partial charge in [0.15, 0.2) is 0 Å². The number of anilines is 1. The van der Waals surface area contributed by atoms with E-state index in [9.17, 15) is 24.3 Å². The van der Waals surface area contributed by atoms with Gasteiger partial charge in [-0.15, -0.1) is 0 Å². The molecule has 52 heavy (non-hydrogen) atoms.